The number of rotatable bonds is 6. The summed E-state index contributed by atoms with van der Waals surface area (Å²) >= 11 is 0. The van der Waals surface area contributed by atoms with Gasteiger partial charge in [-0.2, -0.15) is 0 Å². The Kier molecular flexibility index (Phi) is 9.17. The van der Waals surface area contributed by atoms with E-state index in [1.54, 1.807) is 0 Å². The Morgan fingerprint density at radius 1 is 0.520 bits per heavy atom. The molecule has 4 heteroatoms. The first-order valence-corrected chi connectivity index (χ1v) is 17.5. The standard InChI is InChI=1S/C46H49N3O/c1-44(2,3)33-24-26-35(27-25-33)49(36-19-13-18-32(28-36)38-21-14-20-37(43(38)50)31-16-11-10-12-17-31)41-23-15-22-40(48-41)42-39(46(7,8)9)29-34(30-47-42)45(4,5)6/h10-30,50H,1-9H3. The molecule has 50 heavy (non-hydrogen) atoms. The highest BCUT2D eigenvalue weighted by molar-refractivity contribution is 5.85. The van der Waals surface area contributed by atoms with E-state index in [-0.39, 0.29) is 22.0 Å². The molecule has 0 fully saturated rings. The second-order valence-electron chi connectivity index (χ2n) is 16.3. The van der Waals surface area contributed by atoms with Crippen molar-refractivity contribution in [3.63, 3.8) is 0 Å². The van der Waals surface area contributed by atoms with E-state index in [1.807, 2.05) is 66.9 Å². The molecule has 0 aliphatic rings. The normalized spacial score (nSPS) is 12.2. The molecule has 0 unspecified atom stereocenters. The van der Waals surface area contributed by atoms with Crippen molar-refractivity contribution in [3.8, 4) is 39.4 Å². The Bertz CT molecular complexity index is 2110. The quantitative estimate of drug-likeness (QED) is 0.193. The van der Waals surface area contributed by atoms with Crippen molar-refractivity contribution in [1.29, 1.82) is 0 Å². The van der Waals surface area contributed by atoms with E-state index in [0.29, 0.717) is 0 Å². The van der Waals surface area contributed by atoms with Crippen LogP contribution in [0.2, 0.25) is 0 Å². The van der Waals surface area contributed by atoms with E-state index >= 15 is 0 Å². The average molecular weight is 660 g/mol. The number of benzene rings is 4. The van der Waals surface area contributed by atoms with E-state index in [0.717, 1.165) is 50.8 Å². The summed E-state index contributed by atoms with van der Waals surface area (Å²) in [5, 5.41) is 11.6. The largest absolute Gasteiger partial charge is 0.507 e. The summed E-state index contributed by atoms with van der Waals surface area (Å²) in [5.41, 5.74) is 10.6. The summed E-state index contributed by atoms with van der Waals surface area (Å²) in [4.78, 5) is 12.6. The van der Waals surface area contributed by atoms with Crippen molar-refractivity contribution in [1.82, 2.24) is 9.97 Å². The van der Waals surface area contributed by atoms with Crippen molar-refractivity contribution >= 4 is 17.2 Å². The number of aromatic hydroxyl groups is 1. The summed E-state index contributed by atoms with van der Waals surface area (Å²) in [6, 6.07) is 41.5. The van der Waals surface area contributed by atoms with E-state index in [4.69, 9.17) is 9.97 Å². The summed E-state index contributed by atoms with van der Waals surface area (Å²) in [5.74, 6) is 1.04. The Hall–Kier alpha value is -5.22. The first kappa shape index (κ1) is 34.6. The van der Waals surface area contributed by atoms with Crippen LogP contribution in [0.25, 0.3) is 33.6 Å². The fourth-order valence-electron chi connectivity index (χ4n) is 6.29. The SMILES string of the molecule is CC(C)(C)c1ccc(N(c2cccc(-c3cccc(-c4ccccc4)c3O)c2)c2cccc(-c3ncc(C(C)(C)C)cc3C(C)(C)C)n2)cc1. The van der Waals surface area contributed by atoms with Crippen molar-refractivity contribution in [2.75, 3.05) is 4.90 Å². The lowest BCUT2D eigenvalue weighted by Gasteiger charge is -2.28. The number of pyridine rings is 2. The monoisotopic (exact) mass is 659 g/mol. The number of hydrogen-bond acceptors (Lipinski definition) is 4. The second kappa shape index (κ2) is 13.2. The molecule has 0 saturated carbocycles. The van der Waals surface area contributed by atoms with Crippen LogP contribution < -0.4 is 4.90 Å². The maximum Gasteiger partial charge on any atom is 0.138 e. The first-order valence-electron chi connectivity index (χ1n) is 17.5. The molecular formula is C46H49N3O. The predicted molar refractivity (Wildman–Crippen MR) is 211 cm³/mol. The van der Waals surface area contributed by atoms with Crippen LogP contribution in [0.4, 0.5) is 17.2 Å². The minimum Gasteiger partial charge on any atom is -0.507 e. The predicted octanol–water partition coefficient (Wildman–Crippen LogP) is 12.5. The lowest BCUT2D eigenvalue weighted by molar-refractivity contribution is 0.479. The molecule has 0 amide bonds. The molecule has 2 heterocycles. The summed E-state index contributed by atoms with van der Waals surface area (Å²) in [6.45, 7) is 20.1. The second-order valence-corrected chi connectivity index (χ2v) is 16.3. The van der Waals surface area contributed by atoms with Gasteiger partial charge in [-0.25, -0.2) is 4.98 Å². The highest BCUT2D eigenvalue weighted by Crippen LogP contribution is 2.42. The maximum absolute atomic E-state index is 11.6. The average Bonchev–Trinajstić information content (AvgIpc) is 3.08. The first-order chi connectivity index (χ1) is 23.6. The van der Waals surface area contributed by atoms with Gasteiger partial charge in [-0.1, -0.05) is 147 Å². The summed E-state index contributed by atoms with van der Waals surface area (Å²) in [7, 11) is 0. The Morgan fingerprint density at radius 3 is 1.76 bits per heavy atom. The molecular weight excluding hydrogens is 611 g/mol. The molecule has 4 nitrogen and oxygen atoms in total. The molecule has 0 aliphatic carbocycles. The zero-order valence-corrected chi connectivity index (χ0v) is 30.9. The third-order valence-corrected chi connectivity index (χ3v) is 9.30. The van der Waals surface area contributed by atoms with Crippen molar-refractivity contribution < 1.29 is 5.11 Å². The molecule has 254 valence electrons. The molecule has 0 spiro atoms. The van der Waals surface area contributed by atoms with Gasteiger partial charge in [0.25, 0.3) is 0 Å². The van der Waals surface area contributed by atoms with E-state index < -0.39 is 0 Å². The van der Waals surface area contributed by atoms with Crippen molar-refractivity contribution in [2.45, 2.75) is 78.6 Å². The van der Waals surface area contributed by atoms with Crippen LogP contribution >= 0.6 is 0 Å². The Morgan fingerprint density at radius 2 is 1.12 bits per heavy atom. The van der Waals surface area contributed by atoms with Gasteiger partial charge >= 0.3 is 0 Å². The molecule has 0 atom stereocenters. The minimum atomic E-state index is -0.131. The van der Waals surface area contributed by atoms with Crippen LogP contribution in [0.15, 0.2) is 128 Å². The van der Waals surface area contributed by atoms with Gasteiger partial charge in [0.05, 0.1) is 11.4 Å². The van der Waals surface area contributed by atoms with E-state index in [1.165, 1.54) is 16.7 Å². The zero-order valence-electron chi connectivity index (χ0n) is 30.9. The van der Waals surface area contributed by atoms with Gasteiger partial charge in [0.2, 0.25) is 0 Å². The van der Waals surface area contributed by atoms with Crippen LogP contribution in [-0.2, 0) is 16.2 Å². The third-order valence-electron chi connectivity index (χ3n) is 9.30. The lowest BCUT2D eigenvalue weighted by Crippen LogP contribution is -2.19. The molecule has 0 bridgehead atoms. The number of anilines is 3. The fraction of sp³-hybridized carbons (Fsp3) is 0.261. The van der Waals surface area contributed by atoms with Crippen LogP contribution in [0.5, 0.6) is 5.75 Å². The molecule has 2 aromatic heterocycles. The van der Waals surface area contributed by atoms with Crippen LogP contribution in [0, 0.1) is 0 Å². The van der Waals surface area contributed by atoms with Gasteiger partial charge < -0.3 is 5.11 Å². The van der Waals surface area contributed by atoms with Crippen molar-refractivity contribution in [2.24, 2.45) is 0 Å². The summed E-state index contributed by atoms with van der Waals surface area (Å²) < 4.78 is 0. The van der Waals surface area contributed by atoms with Gasteiger partial charge in [-0.3, -0.25) is 9.88 Å². The number of aromatic nitrogens is 2. The van der Waals surface area contributed by atoms with E-state index in [9.17, 15) is 5.11 Å². The number of phenols is 1. The van der Waals surface area contributed by atoms with Gasteiger partial charge in [-0.15, -0.1) is 0 Å². The maximum atomic E-state index is 11.6. The molecule has 1 N–H and O–H groups in total. The molecule has 4 aromatic carbocycles. The van der Waals surface area contributed by atoms with Crippen LogP contribution in [-0.4, -0.2) is 15.1 Å². The Labute approximate surface area is 298 Å². The Balaban J connectivity index is 1.51. The zero-order chi connectivity index (χ0) is 35.8. The van der Waals surface area contributed by atoms with Gasteiger partial charge in [-0.05, 0) is 80.5 Å². The number of phenolic OH excluding ortho intramolecular Hbond substituents is 1. The topological polar surface area (TPSA) is 49.2 Å². The molecule has 6 rings (SSSR count). The smallest absolute Gasteiger partial charge is 0.138 e. The van der Waals surface area contributed by atoms with Crippen LogP contribution in [0.3, 0.4) is 0 Å². The highest BCUT2D eigenvalue weighted by Gasteiger charge is 2.26. The fourth-order valence-corrected chi connectivity index (χ4v) is 6.29. The van der Waals surface area contributed by atoms with Crippen LogP contribution in [0.1, 0.15) is 79.0 Å². The number of hydrogen-bond donors (Lipinski definition) is 1. The number of nitrogens with zero attached hydrogens (tertiary/aromatic N) is 3. The number of para-hydroxylation sites is 1. The van der Waals surface area contributed by atoms with Gasteiger partial charge in [0.15, 0.2) is 0 Å². The minimum absolute atomic E-state index is 0.0170. The van der Waals surface area contributed by atoms with E-state index in [2.05, 4.69) is 128 Å². The molecule has 0 radical (unpaired) electrons. The van der Waals surface area contributed by atoms with Gasteiger partial charge in [0, 0.05) is 28.7 Å². The molecule has 6 aromatic rings. The third kappa shape index (κ3) is 7.21. The molecule has 0 aliphatic heterocycles. The van der Waals surface area contributed by atoms with Gasteiger partial charge in [0.1, 0.15) is 11.6 Å². The highest BCUT2D eigenvalue weighted by atomic mass is 16.3. The molecule has 0 saturated heterocycles. The lowest BCUT2D eigenvalue weighted by atomic mass is 9.80. The van der Waals surface area contributed by atoms with Crippen molar-refractivity contribution in [3.05, 3.63) is 144 Å². The summed E-state index contributed by atoms with van der Waals surface area (Å²) in [6.07, 6.45) is 2.00.